The number of nitrogens with zero attached hydrogens (tertiary/aromatic N) is 2. The Hall–Kier alpha value is -2.07. The molecule has 6 nitrogen and oxygen atoms in total. The topological polar surface area (TPSA) is 85.1 Å². The molecule has 0 spiro atoms. The maximum absolute atomic E-state index is 12.6. The van der Waals surface area contributed by atoms with E-state index in [9.17, 15) is 13.2 Å². The molecule has 1 saturated carbocycles. The van der Waals surface area contributed by atoms with Crippen molar-refractivity contribution in [3.8, 4) is 5.75 Å². The third kappa shape index (κ3) is 6.74. The molecule has 29 heavy (non-hydrogen) atoms. The highest BCUT2D eigenvalue weighted by molar-refractivity contribution is 9.10. The fourth-order valence-corrected chi connectivity index (χ4v) is 3.59. The first-order valence-corrected chi connectivity index (χ1v) is 10.2. The fourth-order valence-electron chi connectivity index (χ4n) is 3.26. The Morgan fingerprint density at radius 3 is 2.59 bits per heavy atom. The molecule has 1 fully saturated rings. The number of aromatic nitrogens is 2. The van der Waals surface area contributed by atoms with Crippen LogP contribution in [0.5, 0.6) is 5.75 Å². The predicted molar refractivity (Wildman–Crippen MR) is 109 cm³/mol. The van der Waals surface area contributed by atoms with E-state index in [2.05, 4.69) is 41.3 Å². The van der Waals surface area contributed by atoms with Crippen molar-refractivity contribution in [1.82, 2.24) is 9.97 Å². The van der Waals surface area contributed by atoms with E-state index < -0.39 is 6.36 Å². The van der Waals surface area contributed by atoms with E-state index in [-0.39, 0.29) is 12.3 Å². The highest BCUT2D eigenvalue weighted by atomic mass is 79.9. The maximum Gasteiger partial charge on any atom is 0.573 e. The van der Waals surface area contributed by atoms with Gasteiger partial charge in [0.2, 0.25) is 5.95 Å². The molecule has 1 heterocycles. The van der Waals surface area contributed by atoms with Gasteiger partial charge in [-0.2, -0.15) is 4.98 Å². The van der Waals surface area contributed by atoms with Crippen LogP contribution in [0.15, 0.2) is 34.9 Å². The van der Waals surface area contributed by atoms with Crippen molar-refractivity contribution in [1.29, 1.82) is 0 Å². The summed E-state index contributed by atoms with van der Waals surface area (Å²) in [7, 11) is 0. The van der Waals surface area contributed by atoms with Gasteiger partial charge in [0, 0.05) is 30.9 Å². The molecule has 1 aromatic carbocycles. The molecule has 0 unspecified atom stereocenters. The standard InChI is InChI=1S/C19H23BrF3N5O/c20-15-11-27-18(28-17(15)25-9-12-5-7-14(24)8-6-12)26-10-13-3-1-2-4-16(13)29-19(21,22)23/h1-4,11-12,14H,5-10,24H2,(H2,25,26,27,28). The van der Waals surface area contributed by atoms with Crippen molar-refractivity contribution >= 4 is 27.7 Å². The first-order valence-electron chi connectivity index (χ1n) is 9.39. The Balaban J connectivity index is 1.60. The average molecular weight is 474 g/mol. The van der Waals surface area contributed by atoms with Crippen LogP contribution in [-0.2, 0) is 6.54 Å². The second kappa shape index (κ2) is 9.62. The van der Waals surface area contributed by atoms with Crippen molar-refractivity contribution in [3.05, 3.63) is 40.5 Å². The number of nitrogens with one attached hydrogen (secondary N) is 2. The zero-order valence-electron chi connectivity index (χ0n) is 15.7. The van der Waals surface area contributed by atoms with Gasteiger partial charge in [0.05, 0.1) is 4.47 Å². The third-order valence-electron chi connectivity index (χ3n) is 4.83. The van der Waals surface area contributed by atoms with Crippen LogP contribution in [0.2, 0.25) is 0 Å². The summed E-state index contributed by atoms with van der Waals surface area (Å²) in [5.74, 6) is 1.23. The lowest BCUT2D eigenvalue weighted by atomic mass is 9.86. The average Bonchev–Trinajstić information content (AvgIpc) is 2.67. The van der Waals surface area contributed by atoms with Gasteiger partial charge < -0.3 is 21.1 Å². The number of para-hydroxylation sites is 1. The number of benzene rings is 1. The summed E-state index contributed by atoms with van der Waals surface area (Å²) in [6.07, 6.45) is 1.08. The van der Waals surface area contributed by atoms with Gasteiger partial charge in [-0.05, 0) is 53.6 Å². The molecule has 10 heteroatoms. The molecule has 158 valence electrons. The van der Waals surface area contributed by atoms with E-state index in [0.29, 0.717) is 29.3 Å². The molecule has 1 aliphatic rings. The smallest absolute Gasteiger partial charge is 0.405 e. The summed E-state index contributed by atoms with van der Waals surface area (Å²) in [6, 6.07) is 6.26. The number of halogens is 4. The molecule has 3 rings (SSSR count). The number of hydrogen-bond acceptors (Lipinski definition) is 6. The first kappa shape index (κ1) is 21.6. The monoisotopic (exact) mass is 473 g/mol. The normalized spacial score (nSPS) is 19.6. The third-order valence-corrected chi connectivity index (χ3v) is 5.41. The lowest BCUT2D eigenvalue weighted by Crippen LogP contribution is -2.29. The van der Waals surface area contributed by atoms with Gasteiger partial charge in [-0.25, -0.2) is 4.98 Å². The van der Waals surface area contributed by atoms with Crippen LogP contribution >= 0.6 is 15.9 Å². The van der Waals surface area contributed by atoms with Crippen molar-refractivity contribution in [2.45, 2.75) is 44.6 Å². The van der Waals surface area contributed by atoms with Crippen LogP contribution in [0, 0.1) is 5.92 Å². The molecular weight excluding hydrogens is 451 g/mol. The van der Waals surface area contributed by atoms with Crippen molar-refractivity contribution < 1.29 is 17.9 Å². The maximum atomic E-state index is 12.6. The fraction of sp³-hybridized carbons (Fsp3) is 0.474. The molecule has 0 bridgehead atoms. The van der Waals surface area contributed by atoms with E-state index in [4.69, 9.17) is 5.73 Å². The van der Waals surface area contributed by atoms with Gasteiger partial charge in [0.1, 0.15) is 11.6 Å². The number of rotatable bonds is 7. The van der Waals surface area contributed by atoms with Crippen LogP contribution in [0.3, 0.4) is 0 Å². The second-order valence-corrected chi connectivity index (χ2v) is 7.92. The summed E-state index contributed by atoms with van der Waals surface area (Å²) >= 11 is 3.43. The molecular formula is C19H23BrF3N5O. The van der Waals surface area contributed by atoms with Crippen molar-refractivity contribution in [2.24, 2.45) is 11.7 Å². The van der Waals surface area contributed by atoms with E-state index in [1.807, 2.05) is 0 Å². The lowest BCUT2D eigenvalue weighted by Gasteiger charge is -2.26. The first-order chi connectivity index (χ1) is 13.8. The van der Waals surface area contributed by atoms with E-state index >= 15 is 0 Å². The second-order valence-electron chi connectivity index (χ2n) is 7.06. The zero-order chi connectivity index (χ0) is 20.9. The van der Waals surface area contributed by atoms with Crippen LogP contribution < -0.4 is 21.1 Å². The Morgan fingerprint density at radius 1 is 1.14 bits per heavy atom. The molecule has 0 saturated heterocycles. The minimum atomic E-state index is -4.75. The van der Waals surface area contributed by atoms with E-state index in [0.717, 1.165) is 36.7 Å². The highest BCUT2D eigenvalue weighted by Crippen LogP contribution is 2.28. The van der Waals surface area contributed by atoms with E-state index in [1.165, 1.54) is 12.1 Å². The number of alkyl halides is 3. The molecule has 0 radical (unpaired) electrons. The van der Waals surface area contributed by atoms with Crippen LogP contribution in [0.1, 0.15) is 31.2 Å². The Labute approximate surface area is 175 Å². The summed E-state index contributed by atoms with van der Waals surface area (Å²) in [5, 5.41) is 6.28. The summed E-state index contributed by atoms with van der Waals surface area (Å²) < 4.78 is 42.4. The quantitative estimate of drug-likeness (QED) is 0.541. The SMILES string of the molecule is NC1CCC(CNc2nc(NCc3ccccc3OC(F)(F)F)ncc2Br)CC1. The Kier molecular flexibility index (Phi) is 7.18. The van der Waals surface area contributed by atoms with Gasteiger partial charge in [-0.1, -0.05) is 18.2 Å². The van der Waals surface area contributed by atoms with Gasteiger partial charge >= 0.3 is 6.36 Å². The van der Waals surface area contributed by atoms with Crippen molar-refractivity contribution in [3.63, 3.8) is 0 Å². The molecule has 0 atom stereocenters. The van der Waals surface area contributed by atoms with Crippen LogP contribution in [0.4, 0.5) is 24.9 Å². The van der Waals surface area contributed by atoms with Gasteiger partial charge in [0.15, 0.2) is 0 Å². The molecule has 1 aromatic heterocycles. The minimum absolute atomic E-state index is 0.0911. The number of anilines is 2. The predicted octanol–water partition coefficient (Wildman–Crippen LogP) is 4.68. The zero-order valence-corrected chi connectivity index (χ0v) is 17.3. The van der Waals surface area contributed by atoms with Gasteiger partial charge in [-0.3, -0.25) is 0 Å². The Bertz CT molecular complexity index is 813. The van der Waals surface area contributed by atoms with Crippen molar-refractivity contribution in [2.75, 3.05) is 17.2 Å². The minimum Gasteiger partial charge on any atom is -0.405 e. The molecule has 2 aromatic rings. The summed E-state index contributed by atoms with van der Waals surface area (Å²) in [6.45, 7) is 0.873. The molecule has 0 amide bonds. The summed E-state index contributed by atoms with van der Waals surface area (Å²) in [4.78, 5) is 8.60. The van der Waals surface area contributed by atoms with Crippen LogP contribution in [-0.4, -0.2) is 28.9 Å². The van der Waals surface area contributed by atoms with Gasteiger partial charge in [0.25, 0.3) is 0 Å². The van der Waals surface area contributed by atoms with E-state index in [1.54, 1.807) is 18.3 Å². The van der Waals surface area contributed by atoms with Gasteiger partial charge in [-0.15, -0.1) is 13.2 Å². The number of hydrogen-bond donors (Lipinski definition) is 3. The summed E-state index contributed by atoms with van der Waals surface area (Å²) in [5.41, 5.74) is 6.30. The van der Waals surface area contributed by atoms with Crippen LogP contribution in [0.25, 0.3) is 0 Å². The molecule has 1 aliphatic carbocycles. The lowest BCUT2D eigenvalue weighted by molar-refractivity contribution is -0.274. The highest BCUT2D eigenvalue weighted by Gasteiger charge is 2.32. The largest absolute Gasteiger partial charge is 0.573 e. The number of nitrogens with two attached hydrogens (primary N) is 1. The number of ether oxygens (including phenoxy) is 1. The Morgan fingerprint density at radius 2 is 1.86 bits per heavy atom. The molecule has 0 aliphatic heterocycles. The molecule has 4 N–H and O–H groups in total.